The summed E-state index contributed by atoms with van der Waals surface area (Å²) in [6.07, 6.45) is 2.41. The van der Waals surface area contributed by atoms with Crippen molar-refractivity contribution < 1.29 is 5.11 Å². The van der Waals surface area contributed by atoms with Crippen molar-refractivity contribution >= 4 is 21.6 Å². The van der Waals surface area contributed by atoms with Crippen molar-refractivity contribution in [2.75, 3.05) is 44.7 Å². The Bertz CT molecular complexity index is 398. The average Bonchev–Trinajstić information content (AvgIpc) is 2.47. The predicted molar refractivity (Wildman–Crippen MR) is 90.6 cm³/mol. The fraction of sp³-hybridized carbons (Fsp3) is 0.625. The molecule has 114 valence electrons. The van der Waals surface area contributed by atoms with Crippen LogP contribution in [0.15, 0.2) is 22.7 Å². The fourth-order valence-corrected chi connectivity index (χ4v) is 2.86. The number of nitrogens with zero attached hydrogens (tertiary/aromatic N) is 2. The predicted octanol–water partition coefficient (Wildman–Crippen LogP) is 3.15. The number of likely N-dealkylation sites (N-methyl/N-ethyl adjacent to an activating group) is 1. The summed E-state index contributed by atoms with van der Waals surface area (Å²) in [5.41, 5.74) is 2.82. The van der Waals surface area contributed by atoms with Gasteiger partial charge in [0, 0.05) is 36.3 Å². The summed E-state index contributed by atoms with van der Waals surface area (Å²) in [5.74, 6) is 0. The average molecular weight is 343 g/mol. The maximum atomic E-state index is 8.90. The molecule has 0 bridgehead atoms. The minimum Gasteiger partial charge on any atom is -0.395 e. The number of anilines is 1. The molecule has 0 radical (unpaired) electrons. The Kier molecular flexibility index (Phi) is 8.19. The zero-order valence-corrected chi connectivity index (χ0v) is 14.5. The second-order valence-corrected chi connectivity index (χ2v) is 5.81. The van der Waals surface area contributed by atoms with Crippen LogP contribution in [0.25, 0.3) is 0 Å². The molecule has 0 saturated heterocycles. The Labute approximate surface area is 131 Å². The molecule has 0 saturated carbocycles. The molecule has 20 heavy (non-hydrogen) atoms. The van der Waals surface area contributed by atoms with Crippen LogP contribution in [0.1, 0.15) is 25.8 Å². The Balaban J connectivity index is 0.000000956. The monoisotopic (exact) mass is 342 g/mol. The molecule has 1 N–H and O–H groups in total. The van der Waals surface area contributed by atoms with E-state index in [1.807, 2.05) is 13.8 Å². The highest BCUT2D eigenvalue weighted by atomic mass is 79.9. The van der Waals surface area contributed by atoms with Gasteiger partial charge in [-0.2, -0.15) is 0 Å². The summed E-state index contributed by atoms with van der Waals surface area (Å²) < 4.78 is 1.17. The van der Waals surface area contributed by atoms with Crippen LogP contribution >= 0.6 is 15.9 Å². The minimum atomic E-state index is 0.236. The molecule has 1 aromatic rings. The first-order valence-electron chi connectivity index (χ1n) is 7.53. The number of halogens is 1. The van der Waals surface area contributed by atoms with Crippen LogP contribution in [-0.2, 0) is 6.42 Å². The lowest BCUT2D eigenvalue weighted by molar-refractivity contribution is 0.223. The lowest BCUT2D eigenvalue weighted by Gasteiger charge is -2.32. The molecule has 0 unspecified atom stereocenters. The number of aryl methyl sites for hydroxylation is 1. The summed E-state index contributed by atoms with van der Waals surface area (Å²) in [6, 6.07) is 6.57. The minimum absolute atomic E-state index is 0.236. The van der Waals surface area contributed by atoms with Crippen molar-refractivity contribution in [2.45, 2.75) is 26.7 Å². The van der Waals surface area contributed by atoms with Gasteiger partial charge in [-0.1, -0.05) is 29.8 Å². The SMILES string of the molecule is CC.CN(CCO)CCN1CCCc2cc(Br)ccc21. The third-order valence-electron chi connectivity index (χ3n) is 3.49. The van der Waals surface area contributed by atoms with Crippen LogP contribution in [0.5, 0.6) is 0 Å². The van der Waals surface area contributed by atoms with E-state index in [-0.39, 0.29) is 6.61 Å². The maximum Gasteiger partial charge on any atom is 0.0558 e. The molecule has 1 heterocycles. The fourth-order valence-electron chi connectivity index (χ4n) is 2.45. The van der Waals surface area contributed by atoms with Crippen molar-refractivity contribution in [3.8, 4) is 0 Å². The van der Waals surface area contributed by atoms with Gasteiger partial charge in [-0.25, -0.2) is 0 Å². The molecule has 1 aliphatic rings. The largest absolute Gasteiger partial charge is 0.395 e. The number of aliphatic hydroxyl groups excluding tert-OH is 1. The highest BCUT2D eigenvalue weighted by Crippen LogP contribution is 2.29. The summed E-state index contributed by atoms with van der Waals surface area (Å²) in [7, 11) is 2.06. The molecule has 2 rings (SSSR count). The topological polar surface area (TPSA) is 26.7 Å². The molecule has 0 aliphatic carbocycles. The third kappa shape index (κ3) is 5.08. The zero-order chi connectivity index (χ0) is 15.0. The molecule has 0 fully saturated rings. The standard InChI is InChI=1S/C14H21BrN2O.C2H6/c1-16(9-10-18)7-8-17-6-2-3-12-11-13(15)4-5-14(12)17;1-2/h4-5,11,18H,2-3,6-10H2,1H3;1-2H3. The van der Waals surface area contributed by atoms with E-state index in [4.69, 9.17) is 5.11 Å². The summed E-state index contributed by atoms with van der Waals surface area (Å²) in [5, 5.41) is 8.90. The van der Waals surface area contributed by atoms with E-state index in [1.165, 1.54) is 28.6 Å². The lowest BCUT2D eigenvalue weighted by atomic mass is 10.0. The molecule has 0 atom stereocenters. The van der Waals surface area contributed by atoms with Crippen molar-refractivity contribution in [1.82, 2.24) is 4.90 Å². The summed E-state index contributed by atoms with van der Waals surface area (Å²) >= 11 is 3.54. The number of hydrogen-bond donors (Lipinski definition) is 1. The van der Waals surface area contributed by atoms with Crippen LogP contribution < -0.4 is 4.90 Å². The number of hydrogen-bond acceptors (Lipinski definition) is 3. The van der Waals surface area contributed by atoms with Gasteiger partial charge in [-0.05, 0) is 43.7 Å². The van der Waals surface area contributed by atoms with Crippen LogP contribution in [0.2, 0.25) is 0 Å². The van der Waals surface area contributed by atoms with E-state index in [2.05, 4.69) is 51.0 Å². The third-order valence-corrected chi connectivity index (χ3v) is 3.98. The maximum absolute atomic E-state index is 8.90. The molecule has 3 nitrogen and oxygen atoms in total. The van der Waals surface area contributed by atoms with Crippen molar-refractivity contribution in [2.24, 2.45) is 0 Å². The smallest absolute Gasteiger partial charge is 0.0558 e. The molecule has 4 heteroatoms. The summed E-state index contributed by atoms with van der Waals surface area (Å²) in [4.78, 5) is 4.63. The quantitative estimate of drug-likeness (QED) is 0.890. The van der Waals surface area contributed by atoms with Crippen LogP contribution in [0, 0.1) is 0 Å². The molecule has 0 spiro atoms. The first kappa shape index (κ1) is 17.5. The number of fused-ring (bicyclic) bond motifs is 1. The van der Waals surface area contributed by atoms with Crippen LogP contribution in [0.4, 0.5) is 5.69 Å². The van der Waals surface area contributed by atoms with Crippen molar-refractivity contribution in [3.63, 3.8) is 0 Å². The lowest BCUT2D eigenvalue weighted by Crippen LogP contribution is -2.37. The van der Waals surface area contributed by atoms with Gasteiger partial charge in [0.05, 0.1) is 6.61 Å². The van der Waals surface area contributed by atoms with Gasteiger partial charge in [0.2, 0.25) is 0 Å². The van der Waals surface area contributed by atoms with Gasteiger partial charge in [-0.3, -0.25) is 0 Å². The Hall–Kier alpha value is -0.580. The van der Waals surface area contributed by atoms with Crippen molar-refractivity contribution in [3.05, 3.63) is 28.2 Å². The zero-order valence-electron chi connectivity index (χ0n) is 12.9. The van der Waals surface area contributed by atoms with E-state index in [0.717, 1.165) is 26.2 Å². The molecule has 0 aromatic heterocycles. The molecule has 0 amide bonds. The molecular weight excluding hydrogens is 316 g/mol. The first-order chi connectivity index (χ1) is 9.70. The number of benzene rings is 1. The van der Waals surface area contributed by atoms with Gasteiger partial charge in [0.25, 0.3) is 0 Å². The Morgan fingerprint density at radius 1 is 1.30 bits per heavy atom. The Morgan fingerprint density at radius 3 is 2.75 bits per heavy atom. The van der Waals surface area contributed by atoms with Gasteiger partial charge in [-0.15, -0.1) is 0 Å². The number of rotatable bonds is 5. The van der Waals surface area contributed by atoms with Gasteiger partial charge < -0.3 is 14.9 Å². The van der Waals surface area contributed by atoms with E-state index >= 15 is 0 Å². The normalized spacial score (nSPS) is 13.8. The van der Waals surface area contributed by atoms with Gasteiger partial charge in [0.15, 0.2) is 0 Å². The van der Waals surface area contributed by atoms with Crippen LogP contribution in [0.3, 0.4) is 0 Å². The van der Waals surface area contributed by atoms with Gasteiger partial charge >= 0.3 is 0 Å². The van der Waals surface area contributed by atoms with E-state index < -0.39 is 0 Å². The summed E-state index contributed by atoms with van der Waals surface area (Å²) in [6.45, 7) is 8.16. The highest BCUT2D eigenvalue weighted by Gasteiger charge is 2.16. The molecule has 1 aliphatic heterocycles. The first-order valence-corrected chi connectivity index (χ1v) is 8.33. The Morgan fingerprint density at radius 2 is 2.05 bits per heavy atom. The second-order valence-electron chi connectivity index (χ2n) is 4.89. The second kappa shape index (κ2) is 9.37. The van der Waals surface area contributed by atoms with Gasteiger partial charge in [0.1, 0.15) is 0 Å². The molecule has 1 aromatic carbocycles. The van der Waals surface area contributed by atoms with Crippen molar-refractivity contribution in [1.29, 1.82) is 0 Å². The molecular formula is C16H27BrN2O. The highest BCUT2D eigenvalue weighted by molar-refractivity contribution is 9.10. The number of aliphatic hydroxyl groups is 1. The van der Waals surface area contributed by atoms with E-state index in [9.17, 15) is 0 Å². The van der Waals surface area contributed by atoms with E-state index in [0.29, 0.717) is 0 Å². The van der Waals surface area contributed by atoms with E-state index in [1.54, 1.807) is 0 Å². The van der Waals surface area contributed by atoms with Crippen LogP contribution in [-0.4, -0.2) is 49.8 Å².